The van der Waals surface area contributed by atoms with Gasteiger partial charge in [-0.25, -0.2) is 8.42 Å². The predicted octanol–water partition coefficient (Wildman–Crippen LogP) is 5.55. The van der Waals surface area contributed by atoms with Crippen LogP contribution in [-0.2, 0) is 16.4 Å². The van der Waals surface area contributed by atoms with Crippen molar-refractivity contribution in [2.75, 3.05) is 11.3 Å². The molecule has 3 aromatic rings. The van der Waals surface area contributed by atoms with Crippen LogP contribution in [0.15, 0.2) is 71.6 Å². The second-order valence-electron chi connectivity index (χ2n) is 8.02. The third-order valence-electron chi connectivity index (χ3n) is 5.14. The first-order valence-corrected chi connectivity index (χ1v) is 12.3. The highest BCUT2D eigenvalue weighted by Gasteiger charge is 2.16. The van der Waals surface area contributed by atoms with E-state index in [0.717, 1.165) is 11.1 Å². The maximum absolute atomic E-state index is 12.5. The van der Waals surface area contributed by atoms with E-state index in [-0.39, 0.29) is 21.5 Å². The second-order valence-corrected chi connectivity index (χ2v) is 10.1. The smallest absolute Gasteiger partial charge is 0.261 e. The van der Waals surface area contributed by atoms with Gasteiger partial charge in [-0.3, -0.25) is 9.52 Å². The van der Waals surface area contributed by atoms with Crippen molar-refractivity contribution in [3.63, 3.8) is 0 Å². The highest BCUT2D eigenvalue weighted by molar-refractivity contribution is 7.92. The van der Waals surface area contributed by atoms with Gasteiger partial charge in [0.25, 0.3) is 15.9 Å². The van der Waals surface area contributed by atoms with Gasteiger partial charge in [-0.1, -0.05) is 67.4 Å². The van der Waals surface area contributed by atoms with Crippen LogP contribution in [0.4, 0.5) is 5.69 Å². The van der Waals surface area contributed by atoms with Crippen molar-refractivity contribution in [2.24, 2.45) is 0 Å². The number of carbonyl (C=O) groups excluding carboxylic acids is 1. The second kappa shape index (κ2) is 10.2. The number of anilines is 1. The van der Waals surface area contributed by atoms with E-state index in [1.54, 1.807) is 12.1 Å². The van der Waals surface area contributed by atoms with Crippen molar-refractivity contribution in [3.05, 3.63) is 94.0 Å². The molecule has 168 valence electrons. The number of carbonyl (C=O) groups is 1. The van der Waals surface area contributed by atoms with Gasteiger partial charge in [-0.15, -0.1) is 0 Å². The van der Waals surface area contributed by atoms with E-state index in [2.05, 4.69) is 48.2 Å². The molecule has 0 aliphatic rings. The number of hydrogen-bond donors (Lipinski definition) is 2. The summed E-state index contributed by atoms with van der Waals surface area (Å²) in [6.07, 6.45) is 0.705. The van der Waals surface area contributed by atoms with Gasteiger partial charge >= 0.3 is 0 Å². The van der Waals surface area contributed by atoms with E-state index >= 15 is 0 Å². The summed E-state index contributed by atoms with van der Waals surface area (Å²) in [6, 6.07) is 19.4. The number of hydrogen-bond acceptors (Lipinski definition) is 3. The Labute approximate surface area is 194 Å². The first kappa shape index (κ1) is 23.8. The molecule has 0 heterocycles. The number of amides is 1. The fourth-order valence-corrected chi connectivity index (χ4v) is 4.49. The van der Waals surface area contributed by atoms with Gasteiger partial charge in [0.1, 0.15) is 0 Å². The summed E-state index contributed by atoms with van der Waals surface area (Å²) in [5.41, 5.74) is 3.97. The van der Waals surface area contributed by atoms with E-state index in [0.29, 0.717) is 24.4 Å². The predicted molar refractivity (Wildman–Crippen MR) is 130 cm³/mol. The number of sulfonamides is 1. The lowest BCUT2D eigenvalue weighted by atomic mass is 10.0. The molecule has 0 aliphatic heterocycles. The number of rotatable bonds is 8. The molecular weight excluding hydrogens is 444 g/mol. The van der Waals surface area contributed by atoms with Crippen LogP contribution in [-0.4, -0.2) is 20.9 Å². The number of aryl methyl sites for hydroxylation is 1. The lowest BCUT2D eigenvalue weighted by Crippen LogP contribution is -2.26. The van der Waals surface area contributed by atoms with Gasteiger partial charge in [-0.05, 0) is 60.7 Å². The Balaban J connectivity index is 1.60. The van der Waals surface area contributed by atoms with Crippen molar-refractivity contribution in [3.8, 4) is 0 Å². The number of benzene rings is 3. The molecule has 3 rings (SSSR count). The summed E-state index contributed by atoms with van der Waals surface area (Å²) >= 11 is 6.27. The highest BCUT2D eigenvalue weighted by Crippen LogP contribution is 2.23. The third-order valence-corrected chi connectivity index (χ3v) is 6.85. The van der Waals surface area contributed by atoms with Crippen molar-refractivity contribution >= 4 is 33.2 Å². The SMILES string of the molecule is Cc1ccc(S(=O)(=O)Nc2ccc(C(=O)NCCc3ccc(C(C)C)cc3)c(Cl)c2)cc1. The molecular formula is C25H27ClN2O3S. The molecule has 0 aliphatic carbocycles. The average Bonchev–Trinajstić information content (AvgIpc) is 2.74. The monoisotopic (exact) mass is 470 g/mol. The zero-order valence-corrected chi connectivity index (χ0v) is 19.9. The van der Waals surface area contributed by atoms with E-state index < -0.39 is 10.0 Å². The third kappa shape index (κ3) is 6.11. The van der Waals surface area contributed by atoms with Crippen molar-refractivity contribution in [1.29, 1.82) is 0 Å². The molecule has 0 radical (unpaired) electrons. The minimum absolute atomic E-state index is 0.155. The molecule has 2 N–H and O–H groups in total. The molecule has 0 spiro atoms. The van der Waals surface area contributed by atoms with E-state index in [1.165, 1.54) is 35.9 Å². The maximum Gasteiger partial charge on any atom is 0.261 e. The molecule has 0 saturated heterocycles. The van der Waals surface area contributed by atoms with Gasteiger partial charge in [0.2, 0.25) is 0 Å². The fraction of sp³-hybridized carbons (Fsp3) is 0.240. The summed E-state index contributed by atoms with van der Waals surface area (Å²) in [5.74, 6) is 0.178. The molecule has 0 atom stereocenters. The Kier molecular flexibility index (Phi) is 7.59. The van der Waals surface area contributed by atoms with Crippen molar-refractivity contribution in [1.82, 2.24) is 5.32 Å². The Morgan fingerprint density at radius 3 is 2.22 bits per heavy atom. The van der Waals surface area contributed by atoms with E-state index in [1.807, 2.05) is 6.92 Å². The van der Waals surface area contributed by atoms with Crippen LogP contribution in [0.25, 0.3) is 0 Å². The van der Waals surface area contributed by atoms with Crippen LogP contribution in [0.3, 0.4) is 0 Å². The quantitative estimate of drug-likeness (QED) is 0.453. The molecule has 0 aromatic heterocycles. The standard InChI is InChI=1S/C25H27ClN2O3S/c1-17(2)20-8-6-19(7-9-20)14-15-27-25(29)23-13-10-21(16-24(23)26)28-32(30,31)22-11-4-18(3)5-12-22/h4-13,16-17,28H,14-15H2,1-3H3,(H,27,29). The Morgan fingerprint density at radius 1 is 0.969 bits per heavy atom. The molecule has 0 bridgehead atoms. The average molecular weight is 471 g/mol. The van der Waals surface area contributed by atoms with Crippen molar-refractivity contribution < 1.29 is 13.2 Å². The highest BCUT2D eigenvalue weighted by atomic mass is 35.5. The van der Waals surface area contributed by atoms with E-state index in [4.69, 9.17) is 11.6 Å². The van der Waals surface area contributed by atoms with Gasteiger partial charge in [0.05, 0.1) is 21.2 Å². The maximum atomic E-state index is 12.5. The Hall–Kier alpha value is -2.83. The van der Waals surface area contributed by atoms with Crippen LogP contribution >= 0.6 is 11.6 Å². The molecule has 3 aromatic carbocycles. The zero-order chi connectivity index (χ0) is 23.3. The summed E-state index contributed by atoms with van der Waals surface area (Å²) < 4.78 is 27.6. The molecule has 0 unspecified atom stereocenters. The van der Waals surface area contributed by atoms with Crippen LogP contribution in [0, 0.1) is 6.92 Å². The molecule has 0 fully saturated rings. The molecule has 1 amide bonds. The summed E-state index contributed by atoms with van der Waals surface area (Å²) in [5, 5.41) is 3.04. The fourth-order valence-electron chi connectivity index (χ4n) is 3.18. The topological polar surface area (TPSA) is 75.3 Å². The van der Waals surface area contributed by atoms with Crippen LogP contribution in [0.5, 0.6) is 0 Å². The van der Waals surface area contributed by atoms with Gasteiger partial charge in [0.15, 0.2) is 0 Å². The van der Waals surface area contributed by atoms with Gasteiger partial charge < -0.3 is 5.32 Å². The first-order valence-electron chi connectivity index (χ1n) is 10.4. The minimum atomic E-state index is -3.74. The summed E-state index contributed by atoms with van der Waals surface area (Å²) in [6.45, 7) is 6.66. The lowest BCUT2D eigenvalue weighted by Gasteiger charge is -2.11. The lowest BCUT2D eigenvalue weighted by molar-refractivity contribution is 0.0954. The van der Waals surface area contributed by atoms with Crippen LogP contribution in [0.2, 0.25) is 5.02 Å². The normalized spacial score (nSPS) is 11.4. The minimum Gasteiger partial charge on any atom is -0.352 e. The van der Waals surface area contributed by atoms with Gasteiger partial charge in [0, 0.05) is 6.54 Å². The van der Waals surface area contributed by atoms with Crippen molar-refractivity contribution in [2.45, 2.75) is 38.0 Å². The Bertz CT molecular complexity index is 1190. The largest absolute Gasteiger partial charge is 0.352 e. The van der Waals surface area contributed by atoms with E-state index in [9.17, 15) is 13.2 Å². The summed E-state index contributed by atoms with van der Waals surface area (Å²) in [4.78, 5) is 12.7. The first-order chi connectivity index (χ1) is 15.2. The molecule has 7 heteroatoms. The van der Waals surface area contributed by atoms with Crippen LogP contribution in [0.1, 0.15) is 46.8 Å². The molecule has 0 saturated carbocycles. The zero-order valence-electron chi connectivity index (χ0n) is 18.4. The number of nitrogens with one attached hydrogen (secondary N) is 2. The number of halogens is 1. The van der Waals surface area contributed by atoms with Crippen LogP contribution < -0.4 is 10.0 Å². The molecule has 32 heavy (non-hydrogen) atoms. The summed E-state index contributed by atoms with van der Waals surface area (Å²) in [7, 11) is -3.74. The Morgan fingerprint density at radius 2 is 1.62 bits per heavy atom. The van der Waals surface area contributed by atoms with Gasteiger partial charge in [-0.2, -0.15) is 0 Å². The molecule has 5 nitrogen and oxygen atoms in total.